The number of halogens is 1. The Morgan fingerprint density at radius 1 is 1.31 bits per heavy atom. The molecule has 1 aliphatic rings. The molecule has 13 heavy (non-hydrogen) atoms. The average molecular weight is 181 g/mol. The molecule has 0 radical (unpaired) electrons. The third kappa shape index (κ3) is 2.17. The molecule has 0 aliphatic heterocycles. The third-order valence-electron chi connectivity index (χ3n) is 2.28. The maximum absolute atomic E-state index is 12.7. The van der Waals surface area contributed by atoms with E-state index in [9.17, 15) is 4.39 Å². The molecule has 2 nitrogen and oxygen atoms in total. The molecule has 0 unspecified atom stereocenters. The van der Waals surface area contributed by atoms with Crippen LogP contribution in [0, 0.1) is 5.95 Å². The van der Waals surface area contributed by atoms with Crippen LogP contribution in [0.5, 0.6) is 5.88 Å². The van der Waals surface area contributed by atoms with Gasteiger partial charge in [0.15, 0.2) is 0 Å². The first-order valence-electron chi connectivity index (χ1n) is 4.64. The van der Waals surface area contributed by atoms with E-state index < -0.39 is 5.95 Å². The predicted molar refractivity (Wildman–Crippen MR) is 47.1 cm³/mol. The summed E-state index contributed by atoms with van der Waals surface area (Å²) < 4.78 is 18.2. The van der Waals surface area contributed by atoms with Crippen LogP contribution < -0.4 is 4.74 Å². The van der Waals surface area contributed by atoms with Crippen LogP contribution in [-0.2, 0) is 0 Å². The maximum atomic E-state index is 12.7. The lowest BCUT2D eigenvalue weighted by atomic mass is 10.3. The molecule has 0 spiro atoms. The van der Waals surface area contributed by atoms with Crippen LogP contribution in [0.15, 0.2) is 18.2 Å². The minimum atomic E-state index is -0.476. The molecule has 0 atom stereocenters. The number of rotatable bonds is 2. The van der Waals surface area contributed by atoms with Gasteiger partial charge in [-0.2, -0.15) is 9.37 Å². The second-order valence-corrected chi connectivity index (χ2v) is 3.32. The number of hydrogen-bond acceptors (Lipinski definition) is 2. The van der Waals surface area contributed by atoms with E-state index in [1.165, 1.54) is 18.9 Å². The van der Waals surface area contributed by atoms with Gasteiger partial charge in [0.25, 0.3) is 0 Å². The Hall–Kier alpha value is -1.12. The van der Waals surface area contributed by atoms with Crippen LogP contribution in [0.2, 0.25) is 0 Å². The largest absolute Gasteiger partial charge is 0.474 e. The van der Waals surface area contributed by atoms with Gasteiger partial charge in [-0.05, 0) is 31.7 Å². The lowest BCUT2D eigenvalue weighted by Gasteiger charge is -2.11. The fourth-order valence-corrected chi connectivity index (χ4v) is 1.63. The molecule has 1 fully saturated rings. The standard InChI is InChI=1S/C10H12FNO/c11-9-6-3-7-10(12-9)13-8-4-1-2-5-8/h3,6-8H,1-2,4-5H2. The molecule has 1 saturated carbocycles. The van der Waals surface area contributed by atoms with Crippen LogP contribution in [-0.4, -0.2) is 11.1 Å². The van der Waals surface area contributed by atoms with E-state index >= 15 is 0 Å². The van der Waals surface area contributed by atoms with Crippen molar-refractivity contribution in [1.82, 2.24) is 4.98 Å². The van der Waals surface area contributed by atoms with Gasteiger partial charge in [0.2, 0.25) is 11.8 Å². The van der Waals surface area contributed by atoms with E-state index in [4.69, 9.17) is 4.74 Å². The van der Waals surface area contributed by atoms with E-state index in [2.05, 4.69) is 4.98 Å². The number of ether oxygens (including phenoxy) is 1. The number of pyridine rings is 1. The van der Waals surface area contributed by atoms with Crippen molar-refractivity contribution in [2.75, 3.05) is 0 Å². The monoisotopic (exact) mass is 181 g/mol. The molecule has 0 N–H and O–H groups in total. The lowest BCUT2D eigenvalue weighted by Crippen LogP contribution is -2.11. The van der Waals surface area contributed by atoms with Crippen molar-refractivity contribution in [2.45, 2.75) is 31.8 Å². The summed E-state index contributed by atoms with van der Waals surface area (Å²) in [6.45, 7) is 0. The van der Waals surface area contributed by atoms with Crippen molar-refractivity contribution in [3.05, 3.63) is 24.1 Å². The molecular formula is C10H12FNO. The first-order chi connectivity index (χ1) is 6.34. The van der Waals surface area contributed by atoms with Crippen molar-refractivity contribution >= 4 is 0 Å². The summed E-state index contributed by atoms with van der Waals surface area (Å²) >= 11 is 0. The molecule has 0 saturated heterocycles. The summed E-state index contributed by atoms with van der Waals surface area (Å²) in [5, 5.41) is 0. The Morgan fingerprint density at radius 3 is 2.77 bits per heavy atom. The number of hydrogen-bond donors (Lipinski definition) is 0. The molecule has 3 heteroatoms. The van der Waals surface area contributed by atoms with E-state index in [0.717, 1.165) is 12.8 Å². The smallest absolute Gasteiger partial charge is 0.216 e. The second-order valence-electron chi connectivity index (χ2n) is 3.32. The van der Waals surface area contributed by atoms with Crippen molar-refractivity contribution in [3.8, 4) is 5.88 Å². The van der Waals surface area contributed by atoms with Gasteiger partial charge in [-0.3, -0.25) is 0 Å². The quantitative estimate of drug-likeness (QED) is 0.654. The van der Waals surface area contributed by atoms with E-state index in [0.29, 0.717) is 5.88 Å². The van der Waals surface area contributed by atoms with Gasteiger partial charge >= 0.3 is 0 Å². The maximum Gasteiger partial charge on any atom is 0.216 e. The summed E-state index contributed by atoms with van der Waals surface area (Å²) in [5.41, 5.74) is 0. The molecule has 70 valence electrons. The molecule has 1 aromatic heterocycles. The summed E-state index contributed by atoms with van der Waals surface area (Å²) in [5.74, 6) is -0.0672. The van der Waals surface area contributed by atoms with Gasteiger partial charge in [-0.1, -0.05) is 6.07 Å². The third-order valence-corrected chi connectivity index (χ3v) is 2.28. The first kappa shape index (κ1) is 8.48. The van der Waals surface area contributed by atoms with Crippen LogP contribution in [0.1, 0.15) is 25.7 Å². The normalized spacial score (nSPS) is 17.6. The summed E-state index contributed by atoms with van der Waals surface area (Å²) in [6, 6.07) is 4.63. The predicted octanol–water partition coefficient (Wildman–Crippen LogP) is 2.54. The zero-order chi connectivity index (χ0) is 9.10. The van der Waals surface area contributed by atoms with Crippen molar-refractivity contribution in [3.63, 3.8) is 0 Å². The molecule has 1 heterocycles. The van der Waals surface area contributed by atoms with Crippen LogP contribution in [0.3, 0.4) is 0 Å². The van der Waals surface area contributed by atoms with E-state index in [1.807, 2.05) is 0 Å². The summed E-state index contributed by atoms with van der Waals surface area (Å²) in [6.07, 6.45) is 4.80. The molecule has 1 aromatic rings. The number of aromatic nitrogens is 1. The first-order valence-corrected chi connectivity index (χ1v) is 4.64. The summed E-state index contributed by atoms with van der Waals surface area (Å²) in [7, 11) is 0. The average Bonchev–Trinajstić information content (AvgIpc) is 2.57. The van der Waals surface area contributed by atoms with E-state index in [1.54, 1.807) is 12.1 Å². The van der Waals surface area contributed by atoms with Crippen LogP contribution in [0.25, 0.3) is 0 Å². The number of nitrogens with zero attached hydrogens (tertiary/aromatic N) is 1. The van der Waals surface area contributed by atoms with Crippen molar-refractivity contribution in [2.24, 2.45) is 0 Å². The van der Waals surface area contributed by atoms with Gasteiger partial charge in [0.05, 0.1) is 0 Å². The van der Waals surface area contributed by atoms with Crippen molar-refractivity contribution in [1.29, 1.82) is 0 Å². The second kappa shape index (κ2) is 3.73. The topological polar surface area (TPSA) is 22.1 Å². The van der Waals surface area contributed by atoms with Gasteiger partial charge in [0, 0.05) is 6.07 Å². The van der Waals surface area contributed by atoms with Crippen LogP contribution >= 0.6 is 0 Å². The molecule has 1 aliphatic carbocycles. The minimum absolute atomic E-state index is 0.245. The molecule has 0 bridgehead atoms. The molecule has 2 rings (SSSR count). The fraction of sp³-hybridized carbons (Fsp3) is 0.500. The van der Waals surface area contributed by atoms with Gasteiger partial charge in [-0.25, -0.2) is 0 Å². The highest BCUT2D eigenvalue weighted by atomic mass is 19.1. The lowest BCUT2D eigenvalue weighted by molar-refractivity contribution is 0.199. The van der Waals surface area contributed by atoms with Gasteiger partial charge in [0.1, 0.15) is 6.10 Å². The molecule has 0 amide bonds. The minimum Gasteiger partial charge on any atom is -0.474 e. The van der Waals surface area contributed by atoms with Gasteiger partial charge in [-0.15, -0.1) is 0 Å². The Labute approximate surface area is 76.7 Å². The Bertz CT molecular complexity index is 284. The van der Waals surface area contributed by atoms with E-state index in [-0.39, 0.29) is 6.10 Å². The highest BCUT2D eigenvalue weighted by Crippen LogP contribution is 2.22. The zero-order valence-corrected chi connectivity index (χ0v) is 7.37. The Morgan fingerprint density at radius 2 is 2.08 bits per heavy atom. The molecular weight excluding hydrogens is 169 g/mol. The molecule has 0 aromatic carbocycles. The summed E-state index contributed by atoms with van der Waals surface area (Å²) in [4.78, 5) is 3.65. The zero-order valence-electron chi connectivity index (χ0n) is 7.37. The Kier molecular flexibility index (Phi) is 2.43. The van der Waals surface area contributed by atoms with Crippen LogP contribution in [0.4, 0.5) is 4.39 Å². The highest BCUT2D eigenvalue weighted by molar-refractivity contribution is 5.10. The highest BCUT2D eigenvalue weighted by Gasteiger charge is 2.16. The van der Waals surface area contributed by atoms with Gasteiger partial charge < -0.3 is 4.74 Å². The van der Waals surface area contributed by atoms with Crippen molar-refractivity contribution < 1.29 is 9.13 Å². The SMILES string of the molecule is Fc1cccc(OC2CCCC2)n1. The fourth-order valence-electron chi connectivity index (χ4n) is 1.63. The Balaban J connectivity index is 2.00.